The summed E-state index contributed by atoms with van der Waals surface area (Å²) in [5.41, 5.74) is 3.80. The average Bonchev–Trinajstić information content (AvgIpc) is 2.99. The van der Waals surface area contributed by atoms with Gasteiger partial charge >= 0.3 is 0 Å². The predicted molar refractivity (Wildman–Crippen MR) is 93.6 cm³/mol. The molecule has 122 valence electrons. The normalized spacial score (nSPS) is 11.0. The fraction of sp³-hybridized carbons (Fsp3) is 0.0625. The molecule has 3 rings (SSSR count). The van der Waals surface area contributed by atoms with E-state index in [0.717, 1.165) is 10.2 Å². The lowest BCUT2D eigenvalue weighted by Crippen LogP contribution is -2.25. The standard InChI is InChI=1S/C16H14N4O3S/c21-12-6-5-10(7-13(12)22)8-18-20-15(23)9-17-16-19-11-3-1-2-4-14(11)24-16/h1-8,21-22H,9H2,(H,17,19)(H,20,23)/b18-8+. The van der Waals surface area contributed by atoms with E-state index in [1.165, 1.54) is 29.7 Å². The van der Waals surface area contributed by atoms with Crippen molar-refractivity contribution in [1.82, 2.24) is 10.4 Å². The topological polar surface area (TPSA) is 107 Å². The van der Waals surface area contributed by atoms with Crippen molar-refractivity contribution in [2.24, 2.45) is 5.10 Å². The Balaban J connectivity index is 1.51. The summed E-state index contributed by atoms with van der Waals surface area (Å²) >= 11 is 1.47. The number of anilines is 1. The highest BCUT2D eigenvalue weighted by atomic mass is 32.1. The lowest BCUT2D eigenvalue weighted by atomic mass is 10.2. The Labute approximate surface area is 141 Å². The number of thiazole rings is 1. The molecule has 0 bridgehead atoms. The smallest absolute Gasteiger partial charge is 0.259 e. The number of phenolic OH excluding ortho intramolecular Hbond substituents is 2. The van der Waals surface area contributed by atoms with Crippen LogP contribution < -0.4 is 10.7 Å². The quantitative estimate of drug-likeness (QED) is 0.323. The summed E-state index contributed by atoms with van der Waals surface area (Å²) < 4.78 is 1.05. The molecule has 0 aliphatic carbocycles. The van der Waals surface area contributed by atoms with Gasteiger partial charge in [-0.3, -0.25) is 4.79 Å². The van der Waals surface area contributed by atoms with Gasteiger partial charge in [-0.25, -0.2) is 10.4 Å². The number of carbonyl (C=O) groups excluding carboxylic acids is 1. The van der Waals surface area contributed by atoms with E-state index >= 15 is 0 Å². The Bertz CT molecular complexity index is 874. The van der Waals surface area contributed by atoms with Gasteiger partial charge in [-0.05, 0) is 35.9 Å². The van der Waals surface area contributed by atoms with E-state index in [2.05, 4.69) is 20.8 Å². The van der Waals surface area contributed by atoms with Crippen molar-refractivity contribution in [3.8, 4) is 11.5 Å². The van der Waals surface area contributed by atoms with E-state index in [9.17, 15) is 15.0 Å². The maximum Gasteiger partial charge on any atom is 0.259 e. The lowest BCUT2D eigenvalue weighted by molar-refractivity contribution is -0.119. The van der Waals surface area contributed by atoms with Crippen LogP contribution in [0.15, 0.2) is 47.6 Å². The molecule has 3 aromatic rings. The number of amides is 1. The van der Waals surface area contributed by atoms with Gasteiger partial charge in [-0.1, -0.05) is 23.5 Å². The molecule has 8 heteroatoms. The molecule has 2 aromatic carbocycles. The maximum absolute atomic E-state index is 11.7. The van der Waals surface area contributed by atoms with Crippen LogP contribution in [0.2, 0.25) is 0 Å². The number of carbonyl (C=O) groups is 1. The van der Waals surface area contributed by atoms with Crippen LogP contribution in [0.3, 0.4) is 0 Å². The number of aromatic hydroxyl groups is 2. The molecule has 0 aliphatic rings. The van der Waals surface area contributed by atoms with Crippen molar-refractivity contribution in [3.05, 3.63) is 48.0 Å². The molecule has 0 saturated carbocycles. The van der Waals surface area contributed by atoms with Gasteiger partial charge in [-0.15, -0.1) is 0 Å². The second-order valence-corrected chi connectivity index (χ2v) is 5.91. The van der Waals surface area contributed by atoms with E-state index < -0.39 is 0 Å². The zero-order valence-corrected chi connectivity index (χ0v) is 13.2. The molecule has 0 saturated heterocycles. The molecule has 0 atom stereocenters. The number of rotatable bonds is 5. The lowest BCUT2D eigenvalue weighted by Gasteiger charge is -2.01. The molecule has 4 N–H and O–H groups in total. The zero-order chi connectivity index (χ0) is 16.9. The molecule has 0 fully saturated rings. The van der Waals surface area contributed by atoms with Crippen LogP contribution >= 0.6 is 11.3 Å². The predicted octanol–water partition coefficient (Wildman–Crippen LogP) is 2.27. The number of benzene rings is 2. The van der Waals surface area contributed by atoms with E-state index in [0.29, 0.717) is 10.7 Å². The molecule has 24 heavy (non-hydrogen) atoms. The number of nitrogens with zero attached hydrogens (tertiary/aromatic N) is 2. The number of fused-ring (bicyclic) bond motifs is 1. The van der Waals surface area contributed by atoms with Crippen molar-refractivity contribution in [1.29, 1.82) is 0 Å². The summed E-state index contributed by atoms with van der Waals surface area (Å²) in [6.07, 6.45) is 1.37. The van der Waals surface area contributed by atoms with Crippen molar-refractivity contribution < 1.29 is 15.0 Å². The van der Waals surface area contributed by atoms with Gasteiger partial charge in [0.2, 0.25) is 0 Å². The van der Waals surface area contributed by atoms with Crippen LogP contribution in [0.1, 0.15) is 5.56 Å². The Hall–Kier alpha value is -3.13. The molecule has 1 aromatic heterocycles. The van der Waals surface area contributed by atoms with Crippen LogP contribution in [0, 0.1) is 0 Å². The number of hydrogen-bond donors (Lipinski definition) is 4. The second kappa shape index (κ2) is 6.97. The number of aromatic nitrogens is 1. The molecule has 0 aliphatic heterocycles. The molecule has 1 amide bonds. The van der Waals surface area contributed by atoms with Gasteiger partial charge < -0.3 is 15.5 Å². The largest absolute Gasteiger partial charge is 0.504 e. The van der Waals surface area contributed by atoms with E-state index in [1.807, 2.05) is 24.3 Å². The van der Waals surface area contributed by atoms with Crippen LogP contribution in [0.4, 0.5) is 5.13 Å². The SMILES string of the molecule is O=C(CNc1nc2ccccc2s1)N/N=C/c1ccc(O)c(O)c1. The molecule has 0 spiro atoms. The fourth-order valence-corrected chi connectivity index (χ4v) is 2.80. The molecular formula is C16H14N4O3S. The highest BCUT2D eigenvalue weighted by molar-refractivity contribution is 7.22. The van der Waals surface area contributed by atoms with E-state index in [1.54, 1.807) is 6.07 Å². The summed E-state index contributed by atoms with van der Waals surface area (Å²) in [7, 11) is 0. The first-order chi connectivity index (χ1) is 11.6. The van der Waals surface area contributed by atoms with Crippen molar-refractivity contribution >= 4 is 38.8 Å². The number of phenols is 2. The maximum atomic E-state index is 11.7. The first kappa shape index (κ1) is 15.8. The van der Waals surface area contributed by atoms with Gasteiger partial charge in [-0.2, -0.15) is 5.10 Å². The van der Waals surface area contributed by atoms with Gasteiger partial charge in [0.1, 0.15) is 0 Å². The minimum atomic E-state index is -0.325. The van der Waals surface area contributed by atoms with Crippen LogP contribution in [-0.2, 0) is 4.79 Å². The van der Waals surface area contributed by atoms with E-state index in [-0.39, 0.29) is 24.0 Å². The Morgan fingerprint density at radius 2 is 2.04 bits per heavy atom. The minimum Gasteiger partial charge on any atom is -0.504 e. The van der Waals surface area contributed by atoms with Gasteiger partial charge in [0.25, 0.3) is 5.91 Å². The first-order valence-corrected chi connectivity index (χ1v) is 7.87. The van der Waals surface area contributed by atoms with E-state index in [4.69, 9.17) is 0 Å². The number of nitrogens with one attached hydrogen (secondary N) is 2. The highest BCUT2D eigenvalue weighted by Gasteiger charge is 2.05. The summed E-state index contributed by atoms with van der Waals surface area (Å²) in [4.78, 5) is 16.1. The molecule has 1 heterocycles. The molecular weight excluding hydrogens is 328 g/mol. The third kappa shape index (κ3) is 3.79. The molecule has 0 radical (unpaired) electrons. The average molecular weight is 342 g/mol. The van der Waals surface area contributed by atoms with Crippen LogP contribution in [-0.4, -0.2) is 33.9 Å². The van der Waals surface area contributed by atoms with Gasteiger partial charge in [0, 0.05) is 0 Å². The van der Waals surface area contributed by atoms with Gasteiger partial charge in [0.05, 0.1) is 23.0 Å². The third-order valence-electron chi connectivity index (χ3n) is 3.10. The summed E-state index contributed by atoms with van der Waals surface area (Å²) in [6.45, 7) is 0.0397. The van der Waals surface area contributed by atoms with Crippen LogP contribution in [0.5, 0.6) is 11.5 Å². The summed E-state index contributed by atoms with van der Waals surface area (Å²) in [6, 6.07) is 12.0. The number of hydrogen-bond acceptors (Lipinski definition) is 7. The molecule has 0 unspecified atom stereocenters. The number of hydrazone groups is 1. The fourth-order valence-electron chi connectivity index (χ4n) is 1.94. The monoisotopic (exact) mass is 342 g/mol. The van der Waals surface area contributed by atoms with Gasteiger partial charge in [0.15, 0.2) is 16.6 Å². The summed E-state index contributed by atoms with van der Waals surface area (Å²) in [5.74, 6) is -0.785. The zero-order valence-electron chi connectivity index (χ0n) is 12.4. The minimum absolute atomic E-state index is 0.0397. The first-order valence-electron chi connectivity index (χ1n) is 7.05. The van der Waals surface area contributed by atoms with Crippen molar-refractivity contribution in [2.45, 2.75) is 0 Å². The van der Waals surface area contributed by atoms with Crippen molar-refractivity contribution in [3.63, 3.8) is 0 Å². The summed E-state index contributed by atoms with van der Waals surface area (Å²) in [5, 5.41) is 26.0. The number of para-hydroxylation sites is 1. The van der Waals surface area contributed by atoms with Crippen LogP contribution in [0.25, 0.3) is 10.2 Å². The second-order valence-electron chi connectivity index (χ2n) is 4.88. The Morgan fingerprint density at radius 1 is 1.21 bits per heavy atom. The Kier molecular flexibility index (Phi) is 4.57. The van der Waals surface area contributed by atoms with Crippen molar-refractivity contribution in [2.75, 3.05) is 11.9 Å². The third-order valence-corrected chi connectivity index (χ3v) is 4.09. The molecule has 7 nitrogen and oxygen atoms in total. The highest BCUT2D eigenvalue weighted by Crippen LogP contribution is 2.25. The Morgan fingerprint density at radius 3 is 2.83 bits per heavy atom.